The third-order valence-corrected chi connectivity index (χ3v) is 3.44. The first-order valence-corrected chi connectivity index (χ1v) is 6.20. The molecule has 0 unspecified atom stereocenters. The third kappa shape index (κ3) is 2.97. The molecule has 1 amide bonds. The van der Waals surface area contributed by atoms with E-state index in [0.29, 0.717) is 19.8 Å². The van der Waals surface area contributed by atoms with Gasteiger partial charge in [-0.1, -0.05) is 6.92 Å². The molecule has 0 aromatic carbocycles. The van der Waals surface area contributed by atoms with Gasteiger partial charge in [0.15, 0.2) is 0 Å². The Morgan fingerprint density at radius 2 is 2.12 bits per heavy atom. The first kappa shape index (κ1) is 12.4. The van der Waals surface area contributed by atoms with Gasteiger partial charge in [0.05, 0.1) is 18.4 Å². The SMILES string of the molecule is C[C@H](CN(C(=O)[C@H]1CCOC1)C1CC1)C(=O)O. The first-order valence-electron chi connectivity index (χ1n) is 6.20. The Balaban J connectivity index is 1.96. The van der Waals surface area contributed by atoms with Gasteiger partial charge in [-0.25, -0.2) is 0 Å². The Labute approximate surface area is 101 Å². The van der Waals surface area contributed by atoms with E-state index < -0.39 is 11.9 Å². The van der Waals surface area contributed by atoms with Crippen molar-refractivity contribution in [2.75, 3.05) is 19.8 Å². The number of carbonyl (C=O) groups excluding carboxylic acids is 1. The number of carbonyl (C=O) groups is 2. The predicted molar refractivity (Wildman–Crippen MR) is 60.5 cm³/mol. The predicted octanol–water partition coefficient (Wildman–Crippen LogP) is 0.735. The summed E-state index contributed by atoms with van der Waals surface area (Å²) in [5.41, 5.74) is 0. The zero-order chi connectivity index (χ0) is 12.4. The van der Waals surface area contributed by atoms with Crippen LogP contribution in [0.5, 0.6) is 0 Å². The second-order valence-electron chi connectivity index (χ2n) is 5.02. The highest BCUT2D eigenvalue weighted by molar-refractivity contribution is 5.80. The largest absolute Gasteiger partial charge is 0.481 e. The fraction of sp³-hybridized carbons (Fsp3) is 0.833. The normalized spacial score (nSPS) is 25.6. The van der Waals surface area contributed by atoms with Gasteiger partial charge in [0.2, 0.25) is 5.91 Å². The minimum Gasteiger partial charge on any atom is -0.481 e. The Kier molecular flexibility index (Phi) is 3.66. The van der Waals surface area contributed by atoms with Gasteiger partial charge < -0.3 is 14.7 Å². The van der Waals surface area contributed by atoms with E-state index in [2.05, 4.69) is 0 Å². The molecule has 2 aliphatic rings. The zero-order valence-corrected chi connectivity index (χ0v) is 10.1. The van der Waals surface area contributed by atoms with E-state index in [4.69, 9.17) is 9.84 Å². The molecule has 1 N–H and O–H groups in total. The number of hydrogen-bond acceptors (Lipinski definition) is 3. The molecule has 0 aromatic rings. The highest BCUT2D eigenvalue weighted by atomic mass is 16.5. The molecular formula is C12H19NO4. The minimum atomic E-state index is -0.842. The summed E-state index contributed by atoms with van der Waals surface area (Å²) in [4.78, 5) is 24.9. The van der Waals surface area contributed by atoms with Crippen LogP contribution in [0, 0.1) is 11.8 Å². The molecule has 0 spiro atoms. The fourth-order valence-electron chi connectivity index (χ4n) is 2.14. The Morgan fingerprint density at radius 1 is 1.41 bits per heavy atom. The van der Waals surface area contributed by atoms with Crippen molar-refractivity contribution in [1.82, 2.24) is 4.90 Å². The lowest BCUT2D eigenvalue weighted by molar-refractivity contribution is -0.144. The van der Waals surface area contributed by atoms with Gasteiger partial charge >= 0.3 is 5.97 Å². The lowest BCUT2D eigenvalue weighted by Crippen LogP contribution is -2.42. The second-order valence-corrected chi connectivity index (χ2v) is 5.02. The van der Waals surface area contributed by atoms with Crippen LogP contribution < -0.4 is 0 Å². The van der Waals surface area contributed by atoms with Crippen molar-refractivity contribution < 1.29 is 19.4 Å². The molecule has 2 fully saturated rings. The second kappa shape index (κ2) is 5.04. The number of nitrogens with zero attached hydrogens (tertiary/aromatic N) is 1. The number of aliphatic carboxylic acids is 1. The van der Waals surface area contributed by atoms with Gasteiger partial charge in [-0.3, -0.25) is 9.59 Å². The van der Waals surface area contributed by atoms with Crippen molar-refractivity contribution in [1.29, 1.82) is 0 Å². The summed E-state index contributed by atoms with van der Waals surface area (Å²) in [5.74, 6) is -1.32. The number of carboxylic acid groups (broad SMARTS) is 1. The summed E-state index contributed by atoms with van der Waals surface area (Å²) in [7, 11) is 0. The van der Waals surface area contributed by atoms with E-state index in [1.54, 1.807) is 11.8 Å². The molecule has 0 aromatic heterocycles. The van der Waals surface area contributed by atoms with Gasteiger partial charge in [0, 0.05) is 19.2 Å². The average Bonchev–Trinajstić information content (AvgIpc) is 2.98. The highest BCUT2D eigenvalue weighted by Crippen LogP contribution is 2.30. The van der Waals surface area contributed by atoms with Gasteiger partial charge in [-0.05, 0) is 19.3 Å². The van der Waals surface area contributed by atoms with Gasteiger partial charge in [-0.2, -0.15) is 0 Å². The van der Waals surface area contributed by atoms with E-state index >= 15 is 0 Å². The van der Waals surface area contributed by atoms with Gasteiger partial charge in [-0.15, -0.1) is 0 Å². The van der Waals surface area contributed by atoms with Crippen LogP contribution in [-0.4, -0.2) is 47.7 Å². The topological polar surface area (TPSA) is 66.8 Å². The van der Waals surface area contributed by atoms with Gasteiger partial charge in [0.25, 0.3) is 0 Å². The molecule has 17 heavy (non-hydrogen) atoms. The van der Waals surface area contributed by atoms with Crippen LogP contribution in [0.2, 0.25) is 0 Å². The van der Waals surface area contributed by atoms with Crippen LogP contribution in [0.25, 0.3) is 0 Å². The lowest BCUT2D eigenvalue weighted by atomic mass is 10.1. The summed E-state index contributed by atoms with van der Waals surface area (Å²) in [6, 6.07) is 0.268. The maximum Gasteiger partial charge on any atom is 0.308 e. The van der Waals surface area contributed by atoms with E-state index in [9.17, 15) is 9.59 Å². The first-order chi connectivity index (χ1) is 8.09. The third-order valence-electron chi connectivity index (χ3n) is 3.44. The molecule has 96 valence electrons. The summed E-state index contributed by atoms with van der Waals surface area (Å²) in [5, 5.41) is 8.92. The molecule has 5 nitrogen and oxygen atoms in total. The van der Waals surface area contributed by atoms with Crippen molar-refractivity contribution in [3.63, 3.8) is 0 Å². The highest BCUT2D eigenvalue weighted by Gasteiger charge is 2.38. The monoisotopic (exact) mass is 241 g/mol. The van der Waals surface area contributed by atoms with Crippen molar-refractivity contribution >= 4 is 11.9 Å². The summed E-state index contributed by atoms with van der Waals surface area (Å²) >= 11 is 0. The summed E-state index contributed by atoms with van der Waals surface area (Å²) in [6.07, 6.45) is 2.78. The maximum atomic E-state index is 12.2. The molecule has 5 heteroatoms. The fourth-order valence-corrected chi connectivity index (χ4v) is 2.14. The van der Waals surface area contributed by atoms with Crippen LogP contribution in [0.4, 0.5) is 0 Å². The van der Waals surface area contributed by atoms with E-state index in [1.807, 2.05) is 0 Å². The molecule has 1 aliphatic heterocycles. The molecule has 2 atom stereocenters. The van der Waals surface area contributed by atoms with Crippen molar-refractivity contribution in [3.05, 3.63) is 0 Å². The van der Waals surface area contributed by atoms with Crippen molar-refractivity contribution in [3.8, 4) is 0 Å². The minimum absolute atomic E-state index is 0.0587. The molecule has 1 saturated carbocycles. The zero-order valence-electron chi connectivity index (χ0n) is 10.1. The van der Waals surface area contributed by atoms with Crippen LogP contribution >= 0.6 is 0 Å². The molecule has 1 aliphatic carbocycles. The molecule has 0 radical (unpaired) electrons. The van der Waals surface area contributed by atoms with E-state index in [1.165, 1.54) is 0 Å². The Bertz CT molecular complexity index is 308. The summed E-state index contributed by atoms with van der Waals surface area (Å²) < 4.78 is 5.22. The smallest absolute Gasteiger partial charge is 0.308 e. The quantitative estimate of drug-likeness (QED) is 0.770. The van der Waals surface area contributed by atoms with Crippen LogP contribution in [0.3, 0.4) is 0 Å². The number of carboxylic acids is 1. The molecule has 0 bridgehead atoms. The molecular weight excluding hydrogens is 222 g/mol. The number of hydrogen-bond donors (Lipinski definition) is 1. The maximum absolute atomic E-state index is 12.2. The van der Waals surface area contributed by atoms with Crippen molar-refractivity contribution in [2.24, 2.45) is 11.8 Å². The average molecular weight is 241 g/mol. The van der Waals surface area contributed by atoms with Crippen LogP contribution in [0.15, 0.2) is 0 Å². The number of amides is 1. The van der Waals surface area contributed by atoms with E-state index in [-0.39, 0.29) is 17.9 Å². The molecule has 1 saturated heterocycles. The van der Waals surface area contributed by atoms with E-state index in [0.717, 1.165) is 19.3 Å². The number of ether oxygens (including phenoxy) is 1. The van der Waals surface area contributed by atoms with Gasteiger partial charge in [0.1, 0.15) is 0 Å². The van der Waals surface area contributed by atoms with Crippen LogP contribution in [-0.2, 0) is 14.3 Å². The summed E-state index contributed by atoms with van der Waals surface area (Å²) in [6.45, 7) is 3.11. The van der Waals surface area contributed by atoms with Crippen LogP contribution in [0.1, 0.15) is 26.2 Å². The molecule has 2 rings (SSSR count). The Morgan fingerprint density at radius 3 is 2.59 bits per heavy atom. The lowest BCUT2D eigenvalue weighted by Gasteiger charge is -2.26. The molecule has 1 heterocycles. The number of rotatable bonds is 5. The Hall–Kier alpha value is -1.10. The van der Waals surface area contributed by atoms with Crippen molar-refractivity contribution in [2.45, 2.75) is 32.2 Å². The standard InChI is InChI=1S/C12H19NO4/c1-8(12(15)16)6-13(10-2-3-10)11(14)9-4-5-17-7-9/h8-10H,2-7H2,1H3,(H,15,16)/t8-,9+/m1/s1.